The Morgan fingerprint density at radius 2 is 2.20 bits per heavy atom. The van der Waals surface area contributed by atoms with Gasteiger partial charge in [0.2, 0.25) is 5.91 Å². The van der Waals surface area contributed by atoms with Crippen molar-refractivity contribution >= 4 is 22.5 Å². The number of nitrogens with zero attached hydrogens (tertiary/aromatic N) is 4. The SMILES string of the molecule is CC[C@H](C)[C@@H](CO)NC(=O)Cn1ccc2c(cnc3ccnn32)c1=O. The highest BCUT2D eigenvalue weighted by atomic mass is 16.3. The Labute approximate surface area is 144 Å². The van der Waals surface area contributed by atoms with Gasteiger partial charge in [-0.1, -0.05) is 20.3 Å². The van der Waals surface area contributed by atoms with E-state index in [1.54, 1.807) is 29.0 Å². The molecule has 3 aromatic rings. The lowest BCUT2D eigenvalue weighted by Gasteiger charge is -2.22. The van der Waals surface area contributed by atoms with Gasteiger partial charge < -0.3 is 15.0 Å². The highest BCUT2D eigenvalue weighted by Crippen LogP contribution is 2.10. The number of aliphatic hydroxyl groups is 1. The third kappa shape index (κ3) is 3.25. The molecule has 3 aromatic heterocycles. The van der Waals surface area contributed by atoms with E-state index in [0.29, 0.717) is 16.6 Å². The molecule has 0 unspecified atom stereocenters. The van der Waals surface area contributed by atoms with E-state index >= 15 is 0 Å². The highest BCUT2D eigenvalue weighted by Gasteiger charge is 2.18. The van der Waals surface area contributed by atoms with Crippen LogP contribution in [0.15, 0.2) is 35.5 Å². The fraction of sp³-hybridized carbons (Fsp3) is 0.412. The van der Waals surface area contributed by atoms with Crippen LogP contribution in [0.2, 0.25) is 0 Å². The van der Waals surface area contributed by atoms with Crippen molar-refractivity contribution < 1.29 is 9.90 Å². The van der Waals surface area contributed by atoms with E-state index < -0.39 is 0 Å². The lowest BCUT2D eigenvalue weighted by Crippen LogP contribution is -2.44. The fourth-order valence-electron chi connectivity index (χ4n) is 2.78. The van der Waals surface area contributed by atoms with Crippen LogP contribution in [-0.4, -0.2) is 42.8 Å². The van der Waals surface area contributed by atoms with Crippen LogP contribution in [0.1, 0.15) is 20.3 Å². The van der Waals surface area contributed by atoms with Gasteiger partial charge in [-0.3, -0.25) is 9.59 Å². The molecule has 0 fully saturated rings. The van der Waals surface area contributed by atoms with Crippen molar-refractivity contribution in [3.8, 4) is 0 Å². The zero-order valence-electron chi connectivity index (χ0n) is 14.2. The number of carbonyl (C=O) groups is 1. The summed E-state index contributed by atoms with van der Waals surface area (Å²) in [7, 11) is 0. The number of carbonyl (C=O) groups excluding carboxylic acids is 1. The zero-order chi connectivity index (χ0) is 18.0. The molecule has 0 aliphatic rings. The van der Waals surface area contributed by atoms with Gasteiger partial charge in [-0.05, 0) is 12.0 Å². The van der Waals surface area contributed by atoms with Crippen LogP contribution in [0.25, 0.3) is 16.6 Å². The average Bonchev–Trinajstić information content (AvgIpc) is 3.10. The Bertz CT molecular complexity index is 962. The predicted molar refractivity (Wildman–Crippen MR) is 93.2 cm³/mol. The molecule has 0 bridgehead atoms. The molecule has 132 valence electrons. The number of pyridine rings is 1. The number of fused-ring (bicyclic) bond motifs is 3. The summed E-state index contributed by atoms with van der Waals surface area (Å²) in [4.78, 5) is 29.1. The average molecular weight is 343 g/mol. The van der Waals surface area contributed by atoms with Crippen LogP contribution in [0.5, 0.6) is 0 Å². The van der Waals surface area contributed by atoms with E-state index in [4.69, 9.17) is 0 Å². The Morgan fingerprint density at radius 1 is 1.40 bits per heavy atom. The number of nitrogens with one attached hydrogen (secondary N) is 1. The van der Waals surface area contributed by atoms with Gasteiger partial charge >= 0.3 is 0 Å². The van der Waals surface area contributed by atoms with Gasteiger partial charge in [0.1, 0.15) is 6.54 Å². The third-order valence-corrected chi connectivity index (χ3v) is 4.54. The summed E-state index contributed by atoms with van der Waals surface area (Å²) in [6.45, 7) is 3.72. The summed E-state index contributed by atoms with van der Waals surface area (Å²) < 4.78 is 2.92. The quantitative estimate of drug-likeness (QED) is 0.681. The topological polar surface area (TPSA) is 102 Å². The molecule has 8 heteroatoms. The van der Waals surface area contributed by atoms with Gasteiger partial charge in [0.25, 0.3) is 5.56 Å². The van der Waals surface area contributed by atoms with E-state index in [1.165, 1.54) is 10.8 Å². The van der Waals surface area contributed by atoms with Crippen LogP contribution in [0.3, 0.4) is 0 Å². The summed E-state index contributed by atoms with van der Waals surface area (Å²) in [5.74, 6) is -0.159. The van der Waals surface area contributed by atoms with Crippen LogP contribution in [-0.2, 0) is 11.3 Å². The number of aliphatic hydroxyl groups excluding tert-OH is 1. The predicted octanol–water partition coefficient (Wildman–Crippen LogP) is 0.567. The second-order valence-electron chi connectivity index (χ2n) is 6.15. The van der Waals surface area contributed by atoms with Crippen molar-refractivity contribution in [2.75, 3.05) is 6.61 Å². The molecule has 3 heterocycles. The first-order chi connectivity index (χ1) is 12.0. The first-order valence-corrected chi connectivity index (χ1v) is 8.27. The van der Waals surface area contributed by atoms with Gasteiger partial charge in [0.15, 0.2) is 5.65 Å². The number of amides is 1. The third-order valence-electron chi connectivity index (χ3n) is 4.54. The van der Waals surface area contributed by atoms with Crippen molar-refractivity contribution in [1.82, 2.24) is 24.5 Å². The highest BCUT2D eigenvalue weighted by molar-refractivity contribution is 5.80. The Balaban J connectivity index is 1.86. The largest absolute Gasteiger partial charge is 0.394 e. The smallest absolute Gasteiger partial charge is 0.262 e. The van der Waals surface area contributed by atoms with Gasteiger partial charge in [-0.2, -0.15) is 5.10 Å². The molecule has 0 saturated carbocycles. The molecule has 0 aromatic carbocycles. The molecule has 0 aliphatic heterocycles. The number of rotatable bonds is 6. The van der Waals surface area contributed by atoms with Gasteiger partial charge in [-0.15, -0.1) is 0 Å². The summed E-state index contributed by atoms with van der Waals surface area (Å²) >= 11 is 0. The van der Waals surface area contributed by atoms with Crippen LogP contribution in [0.4, 0.5) is 0 Å². The first-order valence-electron chi connectivity index (χ1n) is 8.27. The zero-order valence-corrected chi connectivity index (χ0v) is 14.2. The van der Waals surface area contributed by atoms with Crippen LogP contribution in [0, 0.1) is 5.92 Å². The standard InChI is InChI=1S/C17H21N5O3/c1-3-11(2)13(10-23)20-16(24)9-21-7-5-14-12(17(21)25)8-18-15-4-6-19-22(14)15/h4-8,11,13,23H,3,9-10H2,1-2H3,(H,20,24)/t11-,13+/m0/s1. The van der Waals surface area contributed by atoms with Crippen molar-refractivity contribution in [2.45, 2.75) is 32.9 Å². The lowest BCUT2D eigenvalue weighted by atomic mass is 10.00. The molecule has 0 saturated heterocycles. The monoisotopic (exact) mass is 343 g/mol. The molecule has 2 N–H and O–H groups in total. The van der Waals surface area contributed by atoms with Crippen LogP contribution >= 0.6 is 0 Å². The second-order valence-corrected chi connectivity index (χ2v) is 6.15. The maximum absolute atomic E-state index is 12.6. The number of hydrogen-bond donors (Lipinski definition) is 2. The molecule has 0 aliphatic carbocycles. The van der Waals surface area contributed by atoms with E-state index in [2.05, 4.69) is 15.4 Å². The fourth-order valence-corrected chi connectivity index (χ4v) is 2.78. The minimum Gasteiger partial charge on any atom is -0.394 e. The maximum Gasteiger partial charge on any atom is 0.262 e. The summed E-state index contributed by atoms with van der Waals surface area (Å²) in [6, 6.07) is 3.17. The first kappa shape index (κ1) is 17.1. The van der Waals surface area contributed by atoms with E-state index in [0.717, 1.165) is 6.42 Å². The maximum atomic E-state index is 12.6. The normalized spacial score (nSPS) is 13.9. The summed E-state index contributed by atoms with van der Waals surface area (Å²) in [5.41, 5.74) is 0.993. The molecule has 3 rings (SSSR count). The molecule has 8 nitrogen and oxygen atoms in total. The Morgan fingerprint density at radius 3 is 2.92 bits per heavy atom. The van der Waals surface area contributed by atoms with Crippen molar-refractivity contribution in [2.24, 2.45) is 5.92 Å². The van der Waals surface area contributed by atoms with Gasteiger partial charge in [0.05, 0.1) is 29.7 Å². The molecule has 2 atom stereocenters. The molecular weight excluding hydrogens is 322 g/mol. The molecular formula is C17H21N5O3. The summed E-state index contributed by atoms with van der Waals surface area (Å²) in [5, 5.41) is 16.8. The molecule has 25 heavy (non-hydrogen) atoms. The number of aromatic nitrogens is 4. The lowest BCUT2D eigenvalue weighted by molar-refractivity contribution is -0.123. The Hall–Kier alpha value is -2.74. The number of hydrogen-bond acceptors (Lipinski definition) is 5. The van der Waals surface area contributed by atoms with Crippen molar-refractivity contribution in [3.63, 3.8) is 0 Å². The summed E-state index contributed by atoms with van der Waals surface area (Å²) in [6.07, 6.45) is 5.53. The molecule has 0 spiro atoms. The van der Waals surface area contributed by atoms with E-state index in [1.807, 2.05) is 13.8 Å². The Kier molecular flexibility index (Phi) is 4.80. The minimum absolute atomic E-state index is 0.112. The molecule has 0 radical (unpaired) electrons. The van der Waals surface area contributed by atoms with E-state index in [-0.39, 0.29) is 36.6 Å². The van der Waals surface area contributed by atoms with Gasteiger partial charge in [0, 0.05) is 18.5 Å². The van der Waals surface area contributed by atoms with E-state index in [9.17, 15) is 14.7 Å². The van der Waals surface area contributed by atoms with Crippen molar-refractivity contribution in [3.05, 3.63) is 41.1 Å². The van der Waals surface area contributed by atoms with Gasteiger partial charge in [-0.25, -0.2) is 9.50 Å². The van der Waals surface area contributed by atoms with Crippen molar-refractivity contribution in [1.29, 1.82) is 0 Å². The molecule has 1 amide bonds. The second kappa shape index (κ2) is 7.02. The minimum atomic E-state index is -0.320. The van der Waals surface area contributed by atoms with Crippen LogP contribution < -0.4 is 10.9 Å².